The van der Waals surface area contributed by atoms with Gasteiger partial charge < -0.3 is 10.6 Å². The third kappa shape index (κ3) is 2.64. The van der Waals surface area contributed by atoms with Gasteiger partial charge in [0.1, 0.15) is 0 Å². The maximum absolute atomic E-state index is 11.9. The molecule has 3 atom stereocenters. The lowest BCUT2D eigenvalue weighted by molar-refractivity contribution is -0.122. The summed E-state index contributed by atoms with van der Waals surface area (Å²) in [5.41, 5.74) is 1.00. The second-order valence-electron chi connectivity index (χ2n) is 5.28. The molecular formula is C13H22N2O. The van der Waals surface area contributed by atoms with Gasteiger partial charge in [-0.15, -0.1) is 0 Å². The van der Waals surface area contributed by atoms with E-state index in [1.165, 1.54) is 25.7 Å². The Balaban J connectivity index is 1.82. The van der Waals surface area contributed by atoms with Gasteiger partial charge in [0.25, 0.3) is 0 Å². The molecule has 1 aliphatic heterocycles. The standard InChI is InChI=1S/C13H22N2O/c1-9(2)8-14-13(16)12-7-10-5-3-4-6-11(10)15-12/h10-12,15H,1,3-8H2,2H3,(H,14,16). The second-order valence-corrected chi connectivity index (χ2v) is 5.28. The topological polar surface area (TPSA) is 41.1 Å². The molecule has 90 valence electrons. The molecule has 0 radical (unpaired) electrons. The van der Waals surface area contributed by atoms with Gasteiger partial charge in [-0.3, -0.25) is 4.79 Å². The molecule has 1 heterocycles. The minimum absolute atomic E-state index is 0.0347. The number of hydrogen-bond acceptors (Lipinski definition) is 2. The molecule has 2 fully saturated rings. The molecule has 0 aromatic carbocycles. The first kappa shape index (κ1) is 11.6. The van der Waals surface area contributed by atoms with Crippen LogP contribution in [0.5, 0.6) is 0 Å². The van der Waals surface area contributed by atoms with Crippen molar-refractivity contribution in [2.45, 2.75) is 51.1 Å². The number of carbonyl (C=O) groups is 1. The van der Waals surface area contributed by atoms with Crippen LogP contribution in [-0.4, -0.2) is 24.5 Å². The van der Waals surface area contributed by atoms with E-state index in [9.17, 15) is 4.79 Å². The van der Waals surface area contributed by atoms with Crippen LogP contribution in [0.25, 0.3) is 0 Å². The van der Waals surface area contributed by atoms with Gasteiger partial charge >= 0.3 is 0 Å². The Kier molecular flexibility index (Phi) is 3.64. The van der Waals surface area contributed by atoms with Gasteiger partial charge in [0, 0.05) is 12.6 Å². The number of fused-ring (bicyclic) bond motifs is 1. The Bertz CT molecular complexity index is 274. The number of carbonyl (C=O) groups excluding carboxylic acids is 1. The fraction of sp³-hybridized carbons (Fsp3) is 0.769. The van der Waals surface area contributed by atoms with Gasteiger partial charge in [-0.1, -0.05) is 25.0 Å². The van der Waals surface area contributed by atoms with E-state index in [-0.39, 0.29) is 11.9 Å². The van der Waals surface area contributed by atoms with E-state index >= 15 is 0 Å². The molecular weight excluding hydrogens is 200 g/mol. The summed E-state index contributed by atoms with van der Waals surface area (Å²) in [6.45, 7) is 6.33. The Morgan fingerprint density at radius 1 is 1.44 bits per heavy atom. The van der Waals surface area contributed by atoms with Crippen LogP contribution in [0, 0.1) is 5.92 Å². The molecule has 0 aromatic heterocycles. The normalized spacial score (nSPS) is 33.2. The molecule has 3 nitrogen and oxygen atoms in total. The average Bonchev–Trinajstić information content (AvgIpc) is 2.69. The molecule has 2 rings (SSSR count). The van der Waals surface area contributed by atoms with Crippen LogP contribution in [0.2, 0.25) is 0 Å². The molecule has 0 aromatic rings. The van der Waals surface area contributed by atoms with E-state index in [0.717, 1.165) is 17.9 Å². The van der Waals surface area contributed by atoms with Crippen LogP contribution < -0.4 is 10.6 Å². The molecule has 1 saturated carbocycles. The van der Waals surface area contributed by atoms with Crippen LogP contribution in [0.15, 0.2) is 12.2 Å². The zero-order valence-corrected chi connectivity index (χ0v) is 10.1. The highest BCUT2D eigenvalue weighted by molar-refractivity contribution is 5.82. The third-order valence-corrected chi connectivity index (χ3v) is 3.74. The van der Waals surface area contributed by atoms with E-state index in [1.807, 2.05) is 6.92 Å². The summed E-state index contributed by atoms with van der Waals surface area (Å²) in [7, 11) is 0. The summed E-state index contributed by atoms with van der Waals surface area (Å²) in [5.74, 6) is 0.881. The summed E-state index contributed by atoms with van der Waals surface area (Å²) in [6, 6.07) is 0.627. The molecule has 1 saturated heterocycles. The lowest BCUT2D eigenvalue weighted by Gasteiger charge is -2.24. The van der Waals surface area contributed by atoms with Crippen molar-refractivity contribution in [3.63, 3.8) is 0 Å². The number of amides is 1. The zero-order valence-electron chi connectivity index (χ0n) is 10.1. The predicted molar refractivity (Wildman–Crippen MR) is 65.1 cm³/mol. The number of nitrogens with one attached hydrogen (secondary N) is 2. The highest BCUT2D eigenvalue weighted by atomic mass is 16.2. The largest absolute Gasteiger partial charge is 0.351 e. The van der Waals surface area contributed by atoms with E-state index in [0.29, 0.717) is 12.6 Å². The summed E-state index contributed by atoms with van der Waals surface area (Å²) in [6.07, 6.45) is 6.21. The summed E-state index contributed by atoms with van der Waals surface area (Å²) < 4.78 is 0. The van der Waals surface area contributed by atoms with Gasteiger partial charge in [0.2, 0.25) is 5.91 Å². The van der Waals surface area contributed by atoms with Crippen molar-refractivity contribution in [1.82, 2.24) is 10.6 Å². The van der Waals surface area contributed by atoms with Gasteiger partial charge in [0.15, 0.2) is 0 Å². The molecule has 1 aliphatic carbocycles. The Morgan fingerprint density at radius 2 is 2.19 bits per heavy atom. The molecule has 3 heteroatoms. The highest BCUT2D eigenvalue weighted by Crippen LogP contribution is 2.33. The smallest absolute Gasteiger partial charge is 0.237 e. The van der Waals surface area contributed by atoms with Gasteiger partial charge in [-0.05, 0) is 32.1 Å². The quantitative estimate of drug-likeness (QED) is 0.712. The van der Waals surface area contributed by atoms with Crippen molar-refractivity contribution in [2.24, 2.45) is 5.92 Å². The Morgan fingerprint density at radius 3 is 2.88 bits per heavy atom. The lowest BCUT2D eigenvalue weighted by Crippen LogP contribution is -2.43. The molecule has 0 spiro atoms. The fourth-order valence-electron chi connectivity index (χ4n) is 2.88. The van der Waals surface area contributed by atoms with E-state index in [1.54, 1.807) is 0 Å². The minimum atomic E-state index is 0.0347. The van der Waals surface area contributed by atoms with Crippen LogP contribution >= 0.6 is 0 Å². The lowest BCUT2D eigenvalue weighted by atomic mass is 9.85. The van der Waals surface area contributed by atoms with Gasteiger partial charge in [-0.2, -0.15) is 0 Å². The molecule has 3 unspecified atom stereocenters. The second kappa shape index (κ2) is 5.00. The van der Waals surface area contributed by atoms with Crippen LogP contribution in [0.4, 0.5) is 0 Å². The number of hydrogen-bond donors (Lipinski definition) is 2. The number of rotatable bonds is 3. The third-order valence-electron chi connectivity index (χ3n) is 3.74. The fourth-order valence-corrected chi connectivity index (χ4v) is 2.88. The minimum Gasteiger partial charge on any atom is -0.351 e. The monoisotopic (exact) mass is 222 g/mol. The zero-order chi connectivity index (χ0) is 11.5. The van der Waals surface area contributed by atoms with Crippen molar-refractivity contribution in [3.8, 4) is 0 Å². The maximum Gasteiger partial charge on any atom is 0.237 e. The first-order valence-electron chi connectivity index (χ1n) is 6.35. The molecule has 2 aliphatic rings. The van der Waals surface area contributed by atoms with Crippen molar-refractivity contribution in [2.75, 3.05) is 6.54 Å². The van der Waals surface area contributed by atoms with Crippen LogP contribution in [0.3, 0.4) is 0 Å². The molecule has 16 heavy (non-hydrogen) atoms. The van der Waals surface area contributed by atoms with Crippen LogP contribution in [-0.2, 0) is 4.79 Å². The van der Waals surface area contributed by atoms with Crippen molar-refractivity contribution in [3.05, 3.63) is 12.2 Å². The average molecular weight is 222 g/mol. The summed E-state index contributed by atoms with van der Waals surface area (Å²) in [4.78, 5) is 11.9. The van der Waals surface area contributed by atoms with Gasteiger partial charge in [0.05, 0.1) is 6.04 Å². The predicted octanol–water partition coefficient (Wildman–Crippen LogP) is 1.60. The van der Waals surface area contributed by atoms with Crippen molar-refractivity contribution < 1.29 is 4.79 Å². The van der Waals surface area contributed by atoms with Gasteiger partial charge in [-0.25, -0.2) is 0 Å². The van der Waals surface area contributed by atoms with E-state index < -0.39 is 0 Å². The maximum atomic E-state index is 11.9. The van der Waals surface area contributed by atoms with E-state index in [2.05, 4.69) is 17.2 Å². The highest BCUT2D eigenvalue weighted by Gasteiger charge is 2.37. The molecule has 0 bridgehead atoms. The Labute approximate surface area is 97.7 Å². The summed E-state index contributed by atoms with van der Waals surface area (Å²) >= 11 is 0. The van der Waals surface area contributed by atoms with Crippen molar-refractivity contribution >= 4 is 5.91 Å². The molecule has 2 N–H and O–H groups in total. The molecule has 1 amide bonds. The SMILES string of the molecule is C=C(C)CNC(=O)C1CC2CCCCC2N1. The van der Waals surface area contributed by atoms with Crippen LogP contribution in [0.1, 0.15) is 39.0 Å². The first-order chi connectivity index (χ1) is 7.66. The Hall–Kier alpha value is -0.830. The van der Waals surface area contributed by atoms with Crippen molar-refractivity contribution in [1.29, 1.82) is 0 Å². The first-order valence-corrected chi connectivity index (χ1v) is 6.35. The van der Waals surface area contributed by atoms with E-state index in [4.69, 9.17) is 0 Å². The summed E-state index contributed by atoms with van der Waals surface area (Å²) in [5, 5.41) is 6.41.